The largest absolute Gasteiger partial charge is 0.393 e. The molecule has 0 bridgehead atoms. The molecule has 1 aliphatic rings. The second kappa shape index (κ2) is 6.83. The smallest absolute Gasteiger partial charge is 0.238 e. The average Bonchev–Trinajstić information content (AvgIpc) is 2.87. The summed E-state index contributed by atoms with van der Waals surface area (Å²) in [4.78, 5) is 25.2. The van der Waals surface area contributed by atoms with Gasteiger partial charge in [0.25, 0.3) is 0 Å². The number of hydrogen-bond acceptors (Lipinski definition) is 4. The van der Waals surface area contributed by atoms with Gasteiger partial charge in [-0.1, -0.05) is 0 Å². The molecule has 1 fully saturated rings. The number of anilines is 1. The molecule has 1 aliphatic heterocycles. The first-order valence-electron chi connectivity index (χ1n) is 7.27. The molecule has 1 aromatic carbocycles. The standard InChI is InChI=1S/C16H22N2O3/c1-11(19)13-3-5-15(6-4-13)17-16(21)10-18-8-7-14(9-18)12(2)20/h3-6,12,14,20H,7-10H2,1-2H3,(H,17,21). The summed E-state index contributed by atoms with van der Waals surface area (Å²) >= 11 is 0. The summed E-state index contributed by atoms with van der Waals surface area (Å²) in [6.07, 6.45) is 0.607. The predicted octanol–water partition coefficient (Wildman–Crippen LogP) is 1.53. The maximum Gasteiger partial charge on any atom is 0.238 e. The molecule has 1 amide bonds. The number of amides is 1. The molecule has 21 heavy (non-hydrogen) atoms. The van der Waals surface area contributed by atoms with Crippen LogP contribution >= 0.6 is 0 Å². The van der Waals surface area contributed by atoms with Crippen LogP contribution in [0.2, 0.25) is 0 Å². The van der Waals surface area contributed by atoms with E-state index in [-0.39, 0.29) is 23.7 Å². The topological polar surface area (TPSA) is 69.6 Å². The van der Waals surface area contributed by atoms with Crippen molar-refractivity contribution < 1.29 is 14.7 Å². The van der Waals surface area contributed by atoms with E-state index in [4.69, 9.17) is 0 Å². The third-order valence-electron chi connectivity index (χ3n) is 3.93. The number of nitrogens with one attached hydrogen (secondary N) is 1. The summed E-state index contributed by atoms with van der Waals surface area (Å²) in [6.45, 7) is 5.24. The van der Waals surface area contributed by atoms with Crippen molar-refractivity contribution in [2.24, 2.45) is 5.92 Å². The average molecular weight is 290 g/mol. The molecule has 2 N–H and O–H groups in total. The Balaban J connectivity index is 1.83. The lowest BCUT2D eigenvalue weighted by molar-refractivity contribution is -0.117. The number of aliphatic hydroxyl groups is 1. The minimum Gasteiger partial charge on any atom is -0.393 e. The number of hydrogen-bond donors (Lipinski definition) is 2. The first-order chi connectivity index (χ1) is 9.95. The zero-order chi connectivity index (χ0) is 15.4. The molecule has 5 heteroatoms. The van der Waals surface area contributed by atoms with Crippen LogP contribution in [0.5, 0.6) is 0 Å². The molecule has 0 spiro atoms. The normalized spacial score (nSPS) is 20.2. The minimum absolute atomic E-state index is 0.00843. The van der Waals surface area contributed by atoms with E-state index < -0.39 is 0 Å². The Kier molecular flexibility index (Phi) is 5.09. The molecule has 2 rings (SSSR count). The Hall–Kier alpha value is -1.72. The molecule has 114 valence electrons. The highest BCUT2D eigenvalue weighted by molar-refractivity contribution is 5.96. The zero-order valence-electron chi connectivity index (χ0n) is 12.5. The fourth-order valence-corrected chi connectivity index (χ4v) is 2.59. The number of aliphatic hydroxyl groups excluding tert-OH is 1. The lowest BCUT2D eigenvalue weighted by Crippen LogP contribution is -2.32. The summed E-state index contributed by atoms with van der Waals surface area (Å²) in [5.74, 6) is 0.193. The van der Waals surface area contributed by atoms with Crippen LogP contribution in [0.25, 0.3) is 0 Å². The van der Waals surface area contributed by atoms with Crippen molar-refractivity contribution >= 4 is 17.4 Å². The Morgan fingerprint density at radius 1 is 1.38 bits per heavy atom. The maximum atomic E-state index is 12.0. The van der Waals surface area contributed by atoms with E-state index in [1.54, 1.807) is 31.2 Å². The van der Waals surface area contributed by atoms with E-state index in [0.717, 1.165) is 19.5 Å². The van der Waals surface area contributed by atoms with Gasteiger partial charge in [0.2, 0.25) is 5.91 Å². The molecule has 2 atom stereocenters. The Morgan fingerprint density at radius 3 is 2.57 bits per heavy atom. The molecule has 0 aliphatic carbocycles. The van der Waals surface area contributed by atoms with Crippen LogP contribution in [0.4, 0.5) is 5.69 Å². The first kappa shape index (κ1) is 15.7. The summed E-state index contributed by atoms with van der Waals surface area (Å²) in [6, 6.07) is 6.88. The molecular formula is C16H22N2O3. The Labute approximate surface area is 125 Å². The number of ketones is 1. The van der Waals surface area contributed by atoms with Gasteiger partial charge in [-0.15, -0.1) is 0 Å². The third-order valence-corrected chi connectivity index (χ3v) is 3.93. The van der Waals surface area contributed by atoms with Crippen LogP contribution < -0.4 is 5.32 Å². The van der Waals surface area contributed by atoms with Gasteiger partial charge in [-0.2, -0.15) is 0 Å². The van der Waals surface area contributed by atoms with E-state index in [1.165, 1.54) is 6.92 Å². The number of nitrogens with zero attached hydrogens (tertiary/aromatic N) is 1. The Bertz CT molecular complexity index is 511. The summed E-state index contributed by atoms with van der Waals surface area (Å²) < 4.78 is 0. The number of rotatable bonds is 5. The highest BCUT2D eigenvalue weighted by atomic mass is 16.3. The van der Waals surface area contributed by atoms with Gasteiger partial charge in [-0.05, 0) is 57.0 Å². The quantitative estimate of drug-likeness (QED) is 0.807. The van der Waals surface area contributed by atoms with Gasteiger partial charge in [0.1, 0.15) is 0 Å². The third kappa shape index (κ3) is 4.37. The highest BCUT2D eigenvalue weighted by Crippen LogP contribution is 2.19. The number of carbonyl (C=O) groups is 2. The van der Waals surface area contributed by atoms with E-state index in [9.17, 15) is 14.7 Å². The van der Waals surface area contributed by atoms with E-state index >= 15 is 0 Å². The summed E-state index contributed by atoms with van der Waals surface area (Å²) in [5, 5.41) is 12.4. The van der Waals surface area contributed by atoms with Crippen LogP contribution in [0.3, 0.4) is 0 Å². The van der Waals surface area contributed by atoms with Crippen molar-refractivity contribution in [2.45, 2.75) is 26.4 Å². The Morgan fingerprint density at radius 2 is 2.05 bits per heavy atom. The molecule has 5 nitrogen and oxygen atoms in total. The summed E-state index contributed by atoms with van der Waals surface area (Å²) in [5.41, 5.74) is 1.32. The molecular weight excluding hydrogens is 268 g/mol. The van der Waals surface area contributed by atoms with Crippen molar-refractivity contribution in [3.8, 4) is 0 Å². The van der Waals surface area contributed by atoms with Crippen molar-refractivity contribution in [3.63, 3.8) is 0 Å². The number of likely N-dealkylation sites (tertiary alicyclic amines) is 1. The second-order valence-electron chi connectivity index (χ2n) is 5.71. The molecule has 0 saturated carbocycles. The maximum absolute atomic E-state index is 12.0. The van der Waals surface area contributed by atoms with Crippen LogP contribution in [-0.2, 0) is 4.79 Å². The van der Waals surface area contributed by atoms with Crippen molar-refractivity contribution in [3.05, 3.63) is 29.8 Å². The van der Waals surface area contributed by atoms with Gasteiger partial charge >= 0.3 is 0 Å². The van der Waals surface area contributed by atoms with Crippen LogP contribution in [0.15, 0.2) is 24.3 Å². The van der Waals surface area contributed by atoms with Gasteiger partial charge in [-0.25, -0.2) is 0 Å². The molecule has 2 unspecified atom stereocenters. The van der Waals surface area contributed by atoms with Gasteiger partial charge in [-0.3, -0.25) is 14.5 Å². The summed E-state index contributed by atoms with van der Waals surface area (Å²) in [7, 11) is 0. The molecule has 1 heterocycles. The van der Waals surface area contributed by atoms with Crippen molar-refractivity contribution in [2.75, 3.05) is 25.0 Å². The van der Waals surface area contributed by atoms with Crippen LogP contribution in [0.1, 0.15) is 30.6 Å². The van der Waals surface area contributed by atoms with E-state index in [0.29, 0.717) is 17.8 Å². The fraction of sp³-hybridized carbons (Fsp3) is 0.500. The number of benzene rings is 1. The molecule has 0 aromatic heterocycles. The van der Waals surface area contributed by atoms with Crippen molar-refractivity contribution in [1.29, 1.82) is 0 Å². The molecule has 1 aromatic rings. The monoisotopic (exact) mass is 290 g/mol. The predicted molar refractivity (Wildman–Crippen MR) is 81.3 cm³/mol. The van der Waals surface area contributed by atoms with Crippen LogP contribution in [0, 0.1) is 5.92 Å². The lowest BCUT2D eigenvalue weighted by Gasteiger charge is -2.17. The number of carbonyl (C=O) groups excluding carboxylic acids is 2. The highest BCUT2D eigenvalue weighted by Gasteiger charge is 2.26. The SMILES string of the molecule is CC(=O)c1ccc(NC(=O)CN2CCC(C(C)O)C2)cc1. The molecule has 0 radical (unpaired) electrons. The van der Waals surface area contributed by atoms with Crippen molar-refractivity contribution in [1.82, 2.24) is 4.90 Å². The van der Waals surface area contributed by atoms with Gasteiger partial charge in [0, 0.05) is 17.8 Å². The second-order valence-corrected chi connectivity index (χ2v) is 5.71. The molecule has 1 saturated heterocycles. The number of Topliss-reactive ketones (excluding diaryl/α,β-unsaturated/α-hetero) is 1. The zero-order valence-corrected chi connectivity index (χ0v) is 12.5. The van der Waals surface area contributed by atoms with E-state index in [2.05, 4.69) is 10.2 Å². The fourth-order valence-electron chi connectivity index (χ4n) is 2.59. The van der Waals surface area contributed by atoms with E-state index in [1.807, 2.05) is 0 Å². The van der Waals surface area contributed by atoms with Crippen LogP contribution in [-0.4, -0.2) is 47.4 Å². The first-order valence-corrected chi connectivity index (χ1v) is 7.27. The van der Waals surface area contributed by atoms with Gasteiger partial charge < -0.3 is 10.4 Å². The minimum atomic E-state index is -0.322. The lowest BCUT2D eigenvalue weighted by atomic mass is 10.0. The van der Waals surface area contributed by atoms with Gasteiger partial charge in [0.05, 0.1) is 12.6 Å². The van der Waals surface area contributed by atoms with Gasteiger partial charge in [0.15, 0.2) is 5.78 Å².